The van der Waals surface area contributed by atoms with E-state index in [1.165, 1.54) is 41.7 Å². The summed E-state index contributed by atoms with van der Waals surface area (Å²) in [6, 6.07) is 16.8. The molecule has 2 unspecified atom stereocenters. The van der Waals surface area contributed by atoms with Crippen LogP contribution < -0.4 is 5.32 Å². The molecule has 2 N–H and O–H groups in total. The molecule has 1 fully saturated rings. The normalized spacial score (nSPS) is 18.9. The molecule has 0 aliphatic carbocycles. The summed E-state index contributed by atoms with van der Waals surface area (Å²) in [5.74, 6) is -2.11. The second-order valence-corrected chi connectivity index (χ2v) is 8.26. The Kier molecular flexibility index (Phi) is 6.16. The van der Waals surface area contributed by atoms with Crippen LogP contribution in [0.25, 0.3) is 10.9 Å². The van der Waals surface area contributed by atoms with E-state index in [9.17, 15) is 18.0 Å². The van der Waals surface area contributed by atoms with Crippen LogP contribution in [0, 0.1) is 0 Å². The van der Waals surface area contributed by atoms with Gasteiger partial charge in [-0.2, -0.15) is 13.2 Å². The SMILES string of the molecule is CNC(=O)c1ccc(Cn2c3c(c4ccccc42)C2CCN(C3)C2)cc1.O=C(O)C(F)(F)F. The topological polar surface area (TPSA) is 74.6 Å². The first-order valence-corrected chi connectivity index (χ1v) is 10.6. The lowest BCUT2D eigenvalue weighted by atomic mass is 9.93. The highest BCUT2D eigenvalue weighted by molar-refractivity contribution is 5.94. The molecule has 1 saturated heterocycles. The Bertz CT molecular complexity index is 1190. The fourth-order valence-electron chi connectivity index (χ4n) is 4.70. The van der Waals surface area contributed by atoms with Crippen molar-refractivity contribution in [2.45, 2.75) is 31.6 Å². The zero-order valence-electron chi connectivity index (χ0n) is 18.0. The van der Waals surface area contributed by atoms with Gasteiger partial charge in [0, 0.05) is 54.8 Å². The van der Waals surface area contributed by atoms with E-state index in [4.69, 9.17) is 9.90 Å². The standard InChI is InChI=1S/C22H23N3O.C2HF3O2/c1-23-22(26)16-8-6-15(7-9-16)12-25-19-5-3-2-4-18(19)21-17-10-11-24(13-17)14-20(21)25;3-2(4,5)1(6)7/h2-9,17H,10-14H2,1H3,(H,23,26);(H,6,7). The third-order valence-corrected chi connectivity index (χ3v) is 6.20. The van der Waals surface area contributed by atoms with Gasteiger partial charge in [0.05, 0.1) is 0 Å². The number of carboxylic acid groups (broad SMARTS) is 1. The lowest BCUT2D eigenvalue weighted by Gasteiger charge is -2.25. The maximum absolute atomic E-state index is 11.8. The number of benzene rings is 2. The van der Waals surface area contributed by atoms with Crippen LogP contribution in [0.5, 0.6) is 0 Å². The molecule has 2 aliphatic heterocycles. The van der Waals surface area contributed by atoms with Gasteiger partial charge in [-0.25, -0.2) is 4.79 Å². The minimum absolute atomic E-state index is 0.0373. The zero-order chi connectivity index (χ0) is 23.8. The summed E-state index contributed by atoms with van der Waals surface area (Å²) in [5.41, 5.74) is 6.34. The number of halogens is 3. The number of carboxylic acids is 1. The molecule has 6 nitrogen and oxygen atoms in total. The van der Waals surface area contributed by atoms with Crippen molar-refractivity contribution in [2.75, 3.05) is 20.1 Å². The zero-order valence-corrected chi connectivity index (χ0v) is 18.0. The molecule has 2 aromatic carbocycles. The monoisotopic (exact) mass is 459 g/mol. The predicted octanol–water partition coefficient (Wildman–Crippen LogP) is 3.99. The van der Waals surface area contributed by atoms with Crippen molar-refractivity contribution in [3.05, 3.63) is 70.9 Å². The van der Waals surface area contributed by atoms with E-state index in [-0.39, 0.29) is 5.91 Å². The molecule has 0 spiro atoms. The third-order valence-electron chi connectivity index (χ3n) is 6.20. The van der Waals surface area contributed by atoms with E-state index < -0.39 is 12.1 Å². The molecule has 3 heterocycles. The molecule has 9 heteroatoms. The highest BCUT2D eigenvalue weighted by atomic mass is 19.4. The van der Waals surface area contributed by atoms with E-state index in [0.717, 1.165) is 13.1 Å². The van der Waals surface area contributed by atoms with Gasteiger partial charge in [-0.05, 0) is 42.3 Å². The summed E-state index contributed by atoms with van der Waals surface area (Å²) in [5, 5.41) is 11.2. The van der Waals surface area contributed by atoms with Gasteiger partial charge in [-0.1, -0.05) is 30.3 Å². The van der Waals surface area contributed by atoms with Gasteiger partial charge in [0.15, 0.2) is 0 Å². The Morgan fingerprint density at radius 3 is 2.42 bits per heavy atom. The summed E-state index contributed by atoms with van der Waals surface area (Å²) in [6.45, 7) is 4.33. The molecule has 174 valence electrons. The van der Waals surface area contributed by atoms with Crippen molar-refractivity contribution in [1.29, 1.82) is 0 Å². The second kappa shape index (κ2) is 8.90. The number of fused-ring (bicyclic) bond motifs is 6. The quantitative estimate of drug-likeness (QED) is 0.621. The highest BCUT2D eigenvalue weighted by Gasteiger charge is 2.38. The molecule has 0 radical (unpaired) electrons. The van der Waals surface area contributed by atoms with Gasteiger partial charge in [0.25, 0.3) is 5.91 Å². The minimum Gasteiger partial charge on any atom is -0.475 e. The first-order chi connectivity index (χ1) is 15.7. The minimum atomic E-state index is -5.08. The molecule has 0 saturated carbocycles. The van der Waals surface area contributed by atoms with Crippen molar-refractivity contribution in [3.63, 3.8) is 0 Å². The van der Waals surface area contributed by atoms with Crippen LogP contribution in [0.3, 0.4) is 0 Å². The van der Waals surface area contributed by atoms with Gasteiger partial charge in [0.2, 0.25) is 0 Å². The molecular weight excluding hydrogens is 435 g/mol. The Morgan fingerprint density at radius 2 is 1.79 bits per heavy atom. The number of para-hydroxylation sites is 1. The van der Waals surface area contributed by atoms with Gasteiger partial charge >= 0.3 is 12.1 Å². The number of rotatable bonds is 3. The number of carbonyl (C=O) groups excluding carboxylic acids is 1. The fourth-order valence-corrected chi connectivity index (χ4v) is 4.70. The van der Waals surface area contributed by atoms with E-state index >= 15 is 0 Å². The van der Waals surface area contributed by atoms with Crippen molar-refractivity contribution >= 4 is 22.8 Å². The summed E-state index contributed by atoms with van der Waals surface area (Å²) < 4.78 is 34.2. The fraction of sp³-hybridized carbons (Fsp3) is 0.333. The molecule has 2 atom stereocenters. The number of aliphatic carboxylic acids is 1. The second-order valence-electron chi connectivity index (χ2n) is 8.26. The van der Waals surface area contributed by atoms with Crippen LogP contribution in [0.1, 0.15) is 39.5 Å². The van der Waals surface area contributed by atoms with E-state index in [1.54, 1.807) is 12.6 Å². The third kappa shape index (κ3) is 4.59. The van der Waals surface area contributed by atoms with E-state index in [0.29, 0.717) is 11.5 Å². The molecule has 3 aromatic rings. The smallest absolute Gasteiger partial charge is 0.475 e. The number of nitrogens with zero attached hydrogens (tertiary/aromatic N) is 2. The van der Waals surface area contributed by atoms with Crippen molar-refractivity contribution in [2.24, 2.45) is 0 Å². The first-order valence-electron chi connectivity index (χ1n) is 10.6. The molecule has 5 rings (SSSR count). The Morgan fingerprint density at radius 1 is 1.12 bits per heavy atom. The number of aromatic nitrogens is 1. The van der Waals surface area contributed by atoms with E-state index in [1.807, 2.05) is 12.1 Å². The van der Waals surface area contributed by atoms with E-state index in [2.05, 4.69) is 51.2 Å². The van der Waals surface area contributed by atoms with Crippen LogP contribution in [-0.2, 0) is 17.9 Å². The number of hydrogen-bond acceptors (Lipinski definition) is 3. The van der Waals surface area contributed by atoms with Crippen molar-refractivity contribution < 1.29 is 27.9 Å². The van der Waals surface area contributed by atoms with Gasteiger partial charge in [-0.3, -0.25) is 9.69 Å². The summed E-state index contributed by atoms with van der Waals surface area (Å²) in [4.78, 5) is 23.2. The highest BCUT2D eigenvalue weighted by Crippen LogP contribution is 2.42. The number of alkyl halides is 3. The Balaban J connectivity index is 0.000000325. The largest absolute Gasteiger partial charge is 0.490 e. The molecule has 2 bridgehead atoms. The van der Waals surface area contributed by atoms with Crippen molar-refractivity contribution in [3.8, 4) is 0 Å². The van der Waals surface area contributed by atoms with Crippen LogP contribution >= 0.6 is 0 Å². The lowest BCUT2D eigenvalue weighted by Crippen LogP contribution is -2.26. The predicted molar refractivity (Wildman–Crippen MR) is 117 cm³/mol. The molecular formula is C24H24F3N3O3. The molecule has 1 amide bonds. The number of carbonyl (C=O) groups is 2. The number of amides is 1. The Labute approximate surface area is 188 Å². The summed E-state index contributed by atoms with van der Waals surface area (Å²) in [6.07, 6.45) is -3.80. The van der Waals surface area contributed by atoms with Crippen LogP contribution in [0.4, 0.5) is 13.2 Å². The summed E-state index contributed by atoms with van der Waals surface area (Å²) >= 11 is 0. The molecule has 33 heavy (non-hydrogen) atoms. The maximum Gasteiger partial charge on any atom is 0.490 e. The van der Waals surface area contributed by atoms with Gasteiger partial charge < -0.3 is 15.0 Å². The van der Waals surface area contributed by atoms with Gasteiger partial charge in [0.1, 0.15) is 0 Å². The van der Waals surface area contributed by atoms with Crippen LogP contribution in [-0.4, -0.2) is 52.8 Å². The Hall–Kier alpha value is -3.33. The summed E-state index contributed by atoms with van der Waals surface area (Å²) in [7, 11) is 1.66. The number of hydrogen-bond donors (Lipinski definition) is 2. The van der Waals surface area contributed by atoms with Crippen LogP contribution in [0.2, 0.25) is 0 Å². The maximum atomic E-state index is 11.8. The number of nitrogens with one attached hydrogen (secondary N) is 1. The average molecular weight is 459 g/mol. The van der Waals surface area contributed by atoms with Crippen molar-refractivity contribution in [1.82, 2.24) is 14.8 Å². The van der Waals surface area contributed by atoms with Crippen LogP contribution in [0.15, 0.2) is 48.5 Å². The molecule has 2 aliphatic rings. The first kappa shape index (κ1) is 22.8. The average Bonchev–Trinajstić information content (AvgIpc) is 3.32. The molecule has 1 aromatic heterocycles. The lowest BCUT2D eigenvalue weighted by molar-refractivity contribution is -0.192. The van der Waals surface area contributed by atoms with Gasteiger partial charge in [-0.15, -0.1) is 0 Å².